The number of unbranched alkanes of at least 4 members (excludes halogenated alkanes) is 1. The minimum absolute atomic E-state index is 0.105. The van der Waals surface area contributed by atoms with Gasteiger partial charge in [-0.3, -0.25) is 0 Å². The normalized spacial score (nSPS) is 11.2. The largest absolute Gasteiger partial charge is 0.461 e. The van der Waals surface area contributed by atoms with Gasteiger partial charge in [0.25, 0.3) is 0 Å². The number of benzene rings is 1. The Bertz CT molecular complexity index is 589. The fraction of sp³-hybridized carbons (Fsp3) is 0.524. The molecule has 0 amide bonds. The van der Waals surface area contributed by atoms with Crippen molar-refractivity contribution in [2.75, 3.05) is 11.4 Å². The Morgan fingerprint density at radius 2 is 1.81 bits per heavy atom. The number of ether oxygens (including phenoxy) is 1. The lowest BCUT2D eigenvalue weighted by Crippen LogP contribution is -2.47. The molecule has 0 radical (unpaired) electrons. The van der Waals surface area contributed by atoms with Gasteiger partial charge in [-0.25, -0.2) is 4.79 Å². The first-order valence-electron chi connectivity index (χ1n) is 9.01. The summed E-state index contributed by atoms with van der Waals surface area (Å²) in [6.07, 6.45) is 4.10. The second kappa shape index (κ2) is 12.9. The molecule has 1 atom stereocenters. The third kappa shape index (κ3) is 7.66. The van der Waals surface area contributed by atoms with Gasteiger partial charge in [-0.1, -0.05) is 58.0 Å². The van der Waals surface area contributed by atoms with Gasteiger partial charge in [-0.2, -0.15) is 9.59 Å². The lowest BCUT2D eigenvalue weighted by molar-refractivity contribution is -0.191. The Morgan fingerprint density at radius 1 is 1.23 bits per heavy atom. The van der Waals surface area contributed by atoms with Crippen molar-refractivity contribution in [2.45, 2.75) is 59.6 Å². The highest BCUT2D eigenvalue weighted by Crippen LogP contribution is 2.27. The Balaban J connectivity index is 0.00000194. The summed E-state index contributed by atoms with van der Waals surface area (Å²) in [5.74, 6) is 0.0148. The first-order chi connectivity index (χ1) is 12.3. The Labute approximate surface area is 157 Å². The Kier molecular flexibility index (Phi) is 11.7. The Hall–Kier alpha value is -2.39. The molecule has 0 aliphatic heterocycles. The lowest BCUT2D eigenvalue weighted by atomic mass is 9.99. The second-order valence-electron chi connectivity index (χ2n) is 6.57. The van der Waals surface area contributed by atoms with E-state index in [0.717, 1.165) is 30.6 Å². The molecule has 0 fully saturated rings. The van der Waals surface area contributed by atoms with Crippen LogP contribution in [0.5, 0.6) is 0 Å². The van der Waals surface area contributed by atoms with E-state index in [1.54, 1.807) is 0 Å². The number of nitrogens with zero attached hydrogens (tertiary/aromatic N) is 1. The smallest absolute Gasteiger partial charge is 0.373 e. The number of rotatable bonds is 9. The number of carbonyl (C=O) groups excluding carboxylic acids is 3. The van der Waals surface area contributed by atoms with Crippen LogP contribution in [0.4, 0.5) is 5.69 Å². The van der Waals surface area contributed by atoms with Crippen molar-refractivity contribution in [1.29, 1.82) is 0 Å². The SMILES string of the molecule is C=Cc1ccccc1N(CCCC)C(C(=O)OC(C)C)C(C)C.O=C=O. The van der Waals surface area contributed by atoms with E-state index in [1.807, 2.05) is 38.1 Å². The van der Waals surface area contributed by atoms with Crippen LogP contribution in [0.1, 0.15) is 53.0 Å². The number of hydrogen-bond acceptors (Lipinski definition) is 5. The first-order valence-corrected chi connectivity index (χ1v) is 9.01. The van der Waals surface area contributed by atoms with E-state index in [1.165, 1.54) is 0 Å². The molecule has 1 rings (SSSR count). The van der Waals surface area contributed by atoms with Crippen LogP contribution >= 0.6 is 0 Å². The van der Waals surface area contributed by atoms with Crippen LogP contribution in [-0.2, 0) is 19.1 Å². The zero-order valence-corrected chi connectivity index (χ0v) is 16.5. The van der Waals surface area contributed by atoms with Gasteiger partial charge >= 0.3 is 12.1 Å². The average molecular weight is 361 g/mol. The number of hydrogen-bond donors (Lipinski definition) is 0. The molecular weight excluding hydrogens is 330 g/mol. The monoisotopic (exact) mass is 361 g/mol. The molecule has 5 heteroatoms. The minimum Gasteiger partial charge on any atom is -0.461 e. The van der Waals surface area contributed by atoms with Crippen molar-refractivity contribution in [3.05, 3.63) is 36.4 Å². The van der Waals surface area contributed by atoms with E-state index < -0.39 is 0 Å². The van der Waals surface area contributed by atoms with Gasteiger partial charge < -0.3 is 9.64 Å². The summed E-state index contributed by atoms with van der Waals surface area (Å²) in [6, 6.07) is 7.81. The van der Waals surface area contributed by atoms with E-state index in [2.05, 4.69) is 38.3 Å². The van der Waals surface area contributed by atoms with Crippen LogP contribution in [0, 0.1) is 5.92 Å². The van der Waals surface area contributed by atoms with Crippen LogP contribution < -0.4 is 4.90 Å². The average Bonchev–Trinajstić information content (AvgIpc) is 2.58. The van der Waals surface area contributed by atoms with Gasteiger partial charge in [0.1, 0.15) is 6.04 Å². The minimum atomic E-state index is -0.287. The molecule has 144 valence electrons. The second-order valence-corrected chi connectivity index (χ2v) is 6.57. The molecule has 1 aromatic carbocycles. The fourth-order valence-electron chi connectivity index (χ4n) is 2.72. The van der Waals surface area contributed by atoms with Gasteiger partial charge in [0, 0.05) is 12.2 Å². The number of esters is 1. The first kappa shape index (κ1) is 23.6. The van der Waals surface area contributed by atoms with E-state index in [4.69, 9.17) is 14.3 Å². The van der Waals surface area contributed by atoms with E-state index in [0.29, 0.717) is 0 Å². The fourth-order valence-corrected chi connectivity index (χ4v) is 2.72. The summed E-state index contributed by atoms with van der Waals surface area (Å²) in [5, 5.41) is 0. The predicted octanol–water partition coefficient (Wildman–Crippen LogP) is 4.33. The van der Waals surface area contributed by atoms with Gasteiger partial charge in [0.05, 0.1) is 6.10 Å². The topological polar surface area (TPSA) is 63.7 Å². The molecule has 0 aliphatic carbocycles. The molecule has 0 N–H and O–H groups in total. The molecule has 0 bridgehead atoms. The maximum Gasteiger partial charge on any atom is 0.373 e. The molecular formula is C21H31NO4. The van der Waals surface area contributed by atoms with Crippen LogP contribution in [-0.4, -0.2) is 30.8 Å². The Morgan fingerprint density at radius 3 is 2.27 bits per heavy atom. The summed E-state index contributed by atoms with van der Waals surface area (Å²) in [4.78, 5) is 31.1. The number of para-hydroxylation sites is 1. The highest BCUT2D eigenvalue weighted by atomic mass is 16.5. The summed E-state index contributed by atoms with van der Waals surface area (Å²) in [6.45, 7) is 14.8. The molecule has 0 heterocycles. The van der Waals surface area contributed by atoms with E-state index >= 15 is 0 Å². The summed E-state index contributed by atoms with van der Waals surface area (Å²) < 4.78 is 5.52. The van der Waals surface area contributed by atoms with Crippen molar-refractivity contribution < 1.29 is 19.1 Å². The van der Waals surface area contributed by atoms with Gasteiger partial charge in [-0.05, 0) is 37.8 Å². The molecule has 5 nitrogen and oxygen atoms in total. The van der Waals surface area contributed by atoms with Crippen molar-refractivity contribution in [3.8, 4) is 0 Å². The standard InChI is InChI=1S/C20H31NO2.CO2/c1-7-9-14-21(18-13-11-10-12-17(18)8-2)19(15(3)4)20(22)23-16(5)6;2-1-3/h8,10-13,15-16,19H,2,7,9,14H2,1,3-6H3;. The van der Waals surface area contributed by atoms with Crippen LogP contribution in [0.15, 0.2) is 30.8 Å². The van der Waals surface area contributed by atoms with Gasteiger partial charge in [0.15, 0.2) is 0 Å². The summed E-state index contributed by atoms with van der Waals surface area (Å²) in [7, 11) is 0. The van der Waals surface area contributed by atoms with Crippen molar-refractivity contribution >= 4 is 23.9 Å². The van der Waals surface area contributed by atoms with Crippen LogP contribution in [0.3, 0.4) is 0 Å². The highest BCUT2D eigenvalue weighted by Gasteiger charge is 2.31. The summed E-state index contributed by atoms with van der Waals surface area (Å²) >= 11 is 0. The predicted molar refractivity (Wildman–Crippen MR) is 104 cm³/mol. The number of carbonyl (C=O) groups is 1. The molecule has 0 spiro atoms. The van der Waals surface area contributed by atoms with Crippen molar-refractivity contribution in [2.24, 2.45) is 5.92 Å². The van der Waals surface area contributed by atoms with Crippen molar-refractivity contribution in [3.63, 3.8) is 0 Å². The molecule has 0 aliphatic rings. The molecule has 0 saturated heterocycles. The van der Waals surface area contributed by atoms with Crippen molar-refractivity contribution in [1.82, 2.24) is 0 Å². The molecule has 1 aromatic rings. The quantitative estimate of drug-likeness (QED) is 0.613. The van der Waals surface area contributed by atoms with Crippen LogP contribution in [0.25, 0.3) is 6.08 Å². The third-order valence-electron chi connectivity index (χ3n) is 3.78. The highest BCUT2D eigenvalue weighted by molar-refractivity contribution is 5.82. The lowest BCUT2D eigenvalue weighted by Gasteiger charge is -2.36. The number of anilines is 1. The maximum absolute atomic E-state index is 12.7. The molecule has 0 aromatic heterocycles. The van der Waals surface area contributed by atoms with E-state index in [9.17, 15) is 4.79 Å². The molecule has 0 saturated carbocycles. The molecule has 1 unspecified atom stereocenters. The van der Waals surface area contributed by atoms with E-state index in [-0.39, 0.29) is 30.2 Å². The zero-order chi connectivity index (χ0) is 20.1. The van der Waals surface area contributed by atoms with Gasteiger partial charge in [-0.15, -0.1) is 0 Å². The zero-order valence-electron chi connectivity index (χ0n) is 16.5. The maximum atomic E-state index is 12.7. The molecule has 26 heavy (non-hydrogen) atoms. The van der Waals surface area contributed by atoms with Gasteiger partial charge in [0.2, 0.25) is 0 Å². The third-order valence-corrected chi connectivity index (χ3v) is 3.78. The van der Waals surface area contributed by atoms with Crippen LogP contribution in [0.2, 0.25) is 0 Å². The summed E-state index contributed by atoms with van der Waals surface area (Å²) in [5.41, 5.74) is 2.10.